The quantitative estimate of drug-likeness (QED) is 0.531. The molecule has 1 atom stereocenters. The molecule has 0 spiro atoms. The van der Waals surface area contributed by atoms with Crippen LogP contribution in [0.25, 0.3) is 0 Å². The molecule has 2 aliphatic heterocycles. The van der Waals surface area contributed by atoms with E-state index < -0.39 is 17.8 Å². The second kappa shape index (κ2) is 11.4. The van der Waals surface area contributed by atoms with Gasteiger partial charge in [0.05, 0.1) is 6.54 Å². The average molecular weight is 511 g/mol. The Labute approximate surface area is 218 Å². The van der Waals surface area contributed by atoms with Gasteiger partial charge in [-0.1, -0.05) is 31.5 Å². The fourth-order valence-corrected chi connectivity index (χ4v) is 5.72. The largest absolute Gasteiger partial charge is 0.334 e. The summed E-state index contributed by atoms with van der Waals surface area (Å²) in [6, 6.07) is 4.72. The van der Waals surface area contributed by atoms with Crippen LogP contribution in [0.5, 0.6) is 0 Å². The van der Waals surface area contributed by atoms with Crippen molar-refractivity contribution in [2.24, 2.45) is 5.92 Å². The summed E-state index contributed by atoms with van der Waals surface area (Å²) in [7, 11) is 0. The number of imide groups is 3. The number of benzene rings is 1. The van der Waals surface area contributed by atoms with Crippen molar-refractivity contribution in [1.82, 2.24) is 20.0 Å². The molecule has 4 rings (SSSR count). The van der Waals surface area contributed by atoms with Crippen LogP contribution in [-0.4, -0.2) is 63.1 Å². The molecule has 37 heavy (non-hydrogen) atoms. The Morgan fingerprint density at radius 3 is 2.27 bits per heavy atom. The summed E-state index contributed by atoms with van der Waals surface area (Å²) in [6.45, 7) is 6.65. The lowest BCUT2D eigenvalue weighted by molar-refractivity contribution is -0.144. The van der Waals surface area contributed by atoms with Crippen LogP contribution < -0.4 is 5.32 Å². The van der Waals surface area contributed by atoms with E-state index >= 15 is 0 Å². The number of unbranched alkanes of at least 4 members (excludes halogenated alkanes) is 1. The summed E-state index contributed by atoms with van der Waals surface area (Å²) in [5.74, 6) is -0.673. The van der Waals surface area contributed by atoms with Crippen molar-refractivity contribution in [1.29, 1.82) is 0 Å². The van der Waals surface area contributed by atoms with Gasteiger partial charge in [-0.15, -0.1) is 0 Å². The maximum absolute atomic E-state index is 12.9. The lowest BCUT2D eigenvalue weighted by Gasteiger charge is -2.41. The molecule has 1 saturated carbocycles. The monoisotopic (exact) mass is 510 g/mol. The van der Waals surface area contributed by atoms with Crippen molar-refractivity contribution in [2.45, 2.75) is 97.2 Å². The number of rotatable bonds is 8. The third-order valence-electron chi connectivity index (χ3n) is 8.05. The molecule has 200 valence electrons. The van der Waals surface area contributed by atoms with Gasteiger partial charge in [0.1, 0.15) is 6.42 Å². The predicted octanol–water partition coefficient (Wildman–Crippen LogP) is 4.04. The van der Waals surface area contributed by atoms with Gasteiger partial charge in [-0.3, -0.25) is 29.1 Å². The Bertz CT molecular complexity index is 1060. The second-order valence-electron chi connectivity index (χ2n) is 10.8. The molecule has 0 unspecified atom stereocenters. The SMILES string of the molecule is CCCCN1C(=O)CC(=O)N(C2CCC(C[C@H]3CC(=O)N(Cc4ccc(C)c(C)c4)C(=O)N3)CC2)C1=O. The number of nitrogens with zero attached hydrogens (tertiary/aromatic N) is 3. The molecule has 9 nitrogen and oxygen atoms in total. The van der Waals surface area contributed by atoms with Crippen LogP contribution in [0.2, 0.25) is 0 Å². The van der Waals surface area contributed by atoms with Gasteiger partial charge in [-0.2, -0.15) is 0 Å². The van der Waals surface area contributed by atoms with Crippen LogP contribution in [0.1, 0.15) is 81.4 Å². The number of hydrogen-bond donors (Lipinski definition) is 1. The smallest absolute Gasteiger partial charge is 0.333 e. The Kier molecular flexibility index (Phi) is 8.29. The molecular weight excluding hydrogens is 472 g/mol. The van der Waals surface area contributed by atoms with Crippen LogP contribution in [-0.2, 0) is 20.9 Å². The molecule has 0 bridgehead atoms. The number of barbiturate groups is 1. The highest BCUT2D eigenvalue weighted by molar-refractivity contribution is 6.14. The highest BCUT2D eigenvalue weighted by Crippen LogP contribution is 2.33. The maximum atomic E-state index is 12.9. The van der Waals surface area contributed by atoms with Gasteiger partial charge in [-0.05, 0) is 75.0 Å². The van der Waals surface area contributed by atoms with Crippen molar-refractivity contribution in [2.75, 3.05) is 6.54 Å². The number of nitrogens with one attached hydrogen (secondary N) is 1. The number of hydrogen-bond acceptors (Lipinski definition) is 5. The average Bonchev–Trinajstić information content (AvgIpc) is 2.84. The Balaban J connectivity index is 1.28. The van der Waals surface area contributed by atoms with E-state index in [0.29, 0.717) is 31.7 Å². The lowest BCUT2D eigenvalue weighted by Crippen LogP contribution is -2.59. The van der Waals surface area contributed by atoms with Gasteiger partial charge in [0.15, 0.2) is 0 Å². The predicted molar refractivity (Wildman–Crippen MR) is 137 cm³/mol. The Hall–Kier alpha value is -3.23. The Morgan fingerprint density at radius 2 is 1.62 bits per heavy atom. The molecule has 1 aliphatic carbocycles. The molecule has 3 aliphatic rings. The normalized spacial score (nSPS) is 25.1. The molecule has 0 radical (unpaired) electrons. The summed E-state index contributed by atoms with van der Waals surface area (Å²) >= 11 is 0. The molecule has 3 fully saturated rings. The zero-order valence-electron chi connectivity index (χ0n) is 22.1. The van der Waals surface area contributed by atoms with Crippen molar-refractivity contribution < 1.29 is 24.0 Å². The summed E-state index contributed by atoms with van der Waals surface area (Å²) in [4.78, 5) is 67.1. The minimum absolute atomic E-state index is 0.165. The van der Waals surface area contributed by atoms with Gasteiger partial charge in [0, 0.05) is 25.0 Å². The zero-order chi connectivity index (χ0) is 26.7. The lowest BCUT2D eigenvalue weighted by atomic mass is 9.81. The molecule has 1 N–H and O–H groups in total. The molecule has 0 aromatic heterocycles. The minimum atomic E-state index is -0.479. The Morgan fingerprint density at radius 1 is 0.892 bits per heavy atom. The van der Waals surface area contributed by atoms with Gasteiger partial charge in [0.2, 0.25) is 17.7 Å². The van der Waals surface area contributed by atoms with E-state index in [4.69, 9.17) is 0 Å². The van der Waals surface area contributed by atoms with Crippen molar-refractivity contribution in [3.8, 4) is 0 Å². The summed E-state index contributed by atoms with van der Waals surface area (Å²) in [6.07, 6.45) is 5.26. The summed E-state index contributed by atoms with van der Waals surface area (Å²) in [5, 5.41) is 3.01. The topological polar surface area (TPSA) is 107 Å². The van der Waals surface area contributed by atoms with Crippen LogP contribution in [0, 0.1) is 19.8 Å². The number of aryl methyl sites for hydroxylation is 2. The van der Waals surface area contributed by atoms with Crippen molar-refractivity contribution in [3.05, 3.63) is 34.9 Å². The fraction of sp³-hybridized carbons (Fsp3) is 0.607. The van der Waals surface area contributed by atoms with E-state index in [2.05, 4.69) is 5.32 Å². The van der Waals surface area contributed by atoms with Crippen LogP contribution in [0.3, 0.4) is 0 Å². The summed E-state index contributed by atoms with van der Waals surface area (Å²) < 4.78 is 0. The van der Waals surface area contributed by atoms with Crippen LogP contribution in [0.4, 0.5) is 9.59 Å². The van der Waals surface area contributed by atoms with Gasteiger partial charge < -0.3 is 5.32 Å². The number of carbonyl (C=O) groups is 5. The highest BCUT2D eigenvalue weighted by atomic mass is 16.2. The molecule has 1 aromatic carbocycles. The first-order chi connectivity index (χ1) is 17.7. The van der Waals surface area contributed by atoms with E-state index in [-0.39, 0.29) is 43.4 Å². The van der Waals surface area contributed by atoms with Crippen LogP contribution in [0.15, 0.2) is 18.2 Å². The molecule has 7 amide bonds. The van der Waals surface area contributed by atoms with E-state index in [0.717, 1.165) is 36.8 Å². The van der Waals surface area contributed by atoms with E-state index in [1.54, 1.807) is 0 Å². The standard InChI is InChI=1S/C28H38N4O5/c1-4-5-12-30-25(34)16-26(35)32(28(30)37)23-10-8-20(9-11-23)14-22-15-24(33)31(27(36)29-22)17-21-7-6-18(2)19(3)13-21/h6-7,13,20,22-23H,4-5,8-12,14-17H2,1-3H3,(H,29,36)/t20?,22-,23?/m0/s1. The van der Waals surface area contributed by atoms with Gasteiger partial charge >= 0.3 is 12.1 Å². The van der Waals surface area contributed by atoms with E-state index in [1.807, 2.05) is 39.0 Å². The second-order valence-corrected chi connectivity index (χ2v) is 10.8. The van der Waals surface area contributed by atoms with Crippen LogP contribution >= 0.6 is 0 Å². The number of urea groups is 2. The number of carbonyl (C=O) groups excluding carboxylic acids is 5. The van der Waals surface area contributed by atoms with E-state index in [9.17, 15) is 24.0 Å². The molecule has 1 aromatic rings. The highest BCUT2D eigenvalue weighted by Gasteiger charge is 2.42. The minimum Gasteiger partial charge on any atom is -0.334 e. The molecule has 2 saturated heterocycles. The molecular formula is C28H38N4O5. The first-order valence-corrected chi connectivity index (χ1v) is 13.5. The zero-order valence-corrected chi connectivity index (χ0v) is 22.1. The first-order valence-electron chi connectivity index (χ1n) is 13.5. The first kappa shape index (κ1) is 26.8. The third kappa shape index (κ3) is 6.02. The summed E-state index contributed by atoms with van der Waals surface area (Å²) in [5.41, 5.74) is 3.23. The molecule has 9 heteroatoms. The van der Waals surface area contributed by atoms with Crippen molar-refractivity contribution >= 4 is 29.8 Å². The maximum Gasteiger partial charge on any atom is 0.333 e. The van der Waals surface area contributed by atoms with E-state index in [1.165, 1.54) is 20.3 Å². The fourth-order valence-electron chi connectivity index (χ4n) is 5.72. The van der Waals surface area contributed by atoms with Crippen molar-refractivity contribution in [3.63, 3.8) is 0 Å². The van der Waals surface area contributed by atoms with Gasteiger partial charge in [-0.25, -0.2) is 9.59 Å². The molecule has 2 heterocycles. The third-order valence-corrected chi connectivity index (χ3v) is 8.05. The number of amides is 7. The van der Waals surface area contributed by atoms with Gasteiger partial charge in [0.25, 0.3) is 0 Å².